The molecule has 1 rings (SSSR count). The largest absolute Gasteiger partial charge is 0.314 e. The summed E-state index contributed by atoms with van der Waals surface area (Å²) in [5.74, 6) is -3.07. The van der Waals surface area contributed by atoms with Gasteiger partial charge in [0.05, 0.1) is 0 Å². The maximum atomic E-state index is 8.01. The molecule has 0 saturated carbocycles. The van der Waals surface area contributed by atoms with E-state index in [1.165, 1.54) is 0 Å². The molecule has 0 aromatic heterocycles. The first-order chi connectivity index (χ1) is 8.16. The molecule has 1 unspecified atom stereocenters. The molecule has 2 heteroatoms. The second-order valence-electron chi connectivity index (χ2n) is 1.74. The van der Waals surface area contributed by atoms with E-state index in [9.17, 15) is 0 Å². The monoisotopic (exact) mass is 138 g/mol. The molecular weight excluding hydrogens is 112 g/mol. The van der Waals surface area contributed by atoms with E-state index in [4.69, 9.17) is 13.7 Å². The van der Waals surface area contributed by atoms with Gasteiger partial charge in [-0.1, -0.05) is 13.7 Å². The predicted octanol–water partition coefficient (Wildman–Crippen LogP) is 0.204. The third-order valence-corrected chi connectivity index (χ3v) is 1.08. The minimum atomic E-state index is -3.22. The van der Waals surface area contributed by atoms with Crippen molar-refractivity contribution in [3.05, 3.63) is 0 Å². The van der Waals surface area contributed by atoms with Crippen LogP contribution in [0.2, 0.25) is 0 Å². The van der Waals surface area contributed by atoms with Crippen molar-refractivity contribution in [3.8, 4) is 0 Å². The number of piperazine rings is 1. The van der Waals surface area contributed by atoms with Crippen LogP contribution in [-0.4, -0.2) is 25.6 Å². The van der Waals surface area contributed by atoms with Crippen LogP contribution in [0.1, 0.15) is 27.4 Å². The van der Waals surface area contributed by atoms with E-state index in [-0.39, 0.29) is 0 Å². The topological polar surface area (TPSA) is 24.1 Å². The highest BCUT2D eigenvalue weighted by Crippen LogP contribution is 2.00. The van der Waals surface area contributed by atoms with Gasteiger partial charge in [0.25, 0.3) is 0 Å². The fraction of sp³-hybridized carbons (Fsp3) is 1.00. The Morgan fingerprint density at radius 1 is 2.00 bits per heavy atom. The molecule has 54 valence electrons. The van der Waals surface area contributed by atoms with Crippen molar-refractivity contribution in [2.45, 2.75) is 19.7 Å². The van der Waals surface area contributed by atoms with E-state index in [0.29, 0.717) is 0 Å². The fourth-order valence-electron chi connectivity index (χ4n) is 0.604. The molecule has 1 aliphatic heterocycles. The van der Waals surface area contributed by atoms with E-state index in [0.717, 1.165) is 0 Å². The van der Waals surface area contributed by atoms with Gasteiger partial charge in [0, 0.05) is 39.3 Å². The summed E-state index contributed by atoms with van der Waals surface area (Å²) < 4.78 is 74.5. The Hall–Kier alpha value is -0.0800. The van der Waals surface area contributed by atoms with Crippen LogP contribution in [0.15, 0.2) is 0 Å². The predicted molar refractivity (Wildman–Crippen MR) is 39.5 cm³/mol. The van der Waals surface area contributed by atoms with Gasteiger partial charge in [-0.3, -0.25) is 0 Å². The molecule has 1 aliphatic rings. The zero-order chi connectivity index (χ0) is 15.3. The van der Waals surface area contributed by atoms with Crippen LogP contribution >= 0.6 is 0 Å². The summed E-state index contributed by atoms with van der Waals surface area (Å²) in [5.41, 5.74) is 0. The van der Waals surface area contributed by atoms with Gasteiger partial charge < -0.3 is 10.6 Å². The highest BCUT2D eigenvalue weighted by Gasteiger charge is 2.14. The lowest BCUT2D eigenvalue weighted by Crippen LogP contribution is -2.50. The summed E-state index contributed by atoms with van der Waals surface area (Å²) in [4.78, 5) is 0. The van der Waals surface area contributed by atoms with Crippen LogP contribution in [0.4, 0.5) is 0 Å². The van der Waals surface area contributed by atoms with E-state index in [1.807, 2.05) is 0 Å². The van der Waals surface area contributed by atoms with Crippen molar-refractivity contribution in [3.63, 3.8) is 0 Å². The molecule has 0 spiro atoms. The van der Waals surface area contributed by atoms with Crippen molar-refractivity contribution in [1.82, 2.24) is 10.6 Å². The van der Waals surface area contributed by atoms with Crippen molar-refractivity contribution < 1.29 is 13.7 Å². The molecule has 0 aromatic carbocycles. The van der Waals surface area contributed by atoms with Crippen molar-refractivity contribution in [1.29, 1.82) is 0 Å². The van der Waals surface area contributed by atoms with Gasteiger partial charge in [-0.05, 0) is 5.89 Å². The van der Waals surface area contributed by atoms with E-state index in [1.54, 1.807) is 0 Å². The summed E-state index contributed by atoms with van der Waals surface area (Å²) in [6, 6.07) is -2.35. The van der Waals surface area contributed by atoms with Crippen LogP contribution < -0.4 is 10.6 Å². The van der Waals surface area contributed by atoms with Crippen LogP contribution in [0.3, 0.4) is 0 Å². The van der Waals surface area contributed by atoms with Crippen molar-refractivity contribution in [2.24, 2.45) is 5.89 Å². The first kappa shape index (κ1) is 1.56. The summed E-state index contributed by atoms with van der Waals surface area (Å²) in [7, 11) is 0. The van der Waals surface area contributed by atoms with E-state index < -0.39 is 45.2 Å². The molecule has 0 amide bonds. The first-order valence-electron chi connectivity index (χ1n) is 7.66. The maximum Gasteiger partial charge on any atom is 0.0481 e. The Labute approximate surface area is 71.1 Å². The second kappa shape index (κ2) is 3.18. The van der Waals surface area contributed by atoms with Gasteiger partial charge in [-0.15, -0.1) is 0 Å². The van der Waals surface area contributed by atoms with Gasteiger partial charge in [-0.25, -0.2) is 0 Å². The zero-order valence-electron chi connectivity index (χ0n) is 14.9. The number of hydrogen-bond donors (Lipinski definition) is 2. The second-order valence-corrected chi connectivity index (χ2v) is 1.74. The lowest BCUT2D eigenvalue weighted by Gasteiger charge is -2.27. The van der Waals surface area contributed by atoms with Crippen LogP contribution in [0, 0.1) is 5.89 Å². The van der Waals surface area contributed by atoms with Gasteiger partial charge in [-0.2, -0.15) is 0 Å². The molecule has 0 radical (unpaired) electrons. The lowest BCUT2D eigenvalue weighted by molar-refractivity contribution is 0.342. The molecule has 9 heavy (non-hydrogen) atoms. The smallest absolute Gasteiger partial charge is 0.0481 e. The molecule has 0 bridgehead atoms. The molecule has 1 atom stereocenters. The highest BCUT2D eigenvalue weighted by molar-refractivity contribution is 4.77. The third-order valence-electron chi connectivity index (χ3n) is 1.08. The van der Waals surface area contributed by atoms with Gasteiger partial charge in [0.15, 0.2) is 0 Å². The third kappa shape index (κ3) is 1.95. The summed E-state index contributed by atoms with van der Waals surface area (Å²) in [6.45, 7) is -9.38. The lowest BCUT2D eigenvalue weighted by atomic mass is 10.0. The Balaban J connectivity index is 3.21. The van der Waals surface area contributed by atoms with Crippen molar-refractivity contribution >= 4 is 0 Å². The minimum Gasteiger partial charge on any atom is -0.314 e. The molecule has 0 aliphatic carbocycles. The molecule has 1 saturated heterocycles. The molecule has 1 heterocycles. The van der Waals surface area contributed by atoms with Gasteiger partial charge in [0.2, 0.25) is 0 Å². The van der Waals surface area contributed by atoms with Crippen LogP contribution in [0.5, 0.6) is 0 Å². The average Bonchev–Trinajstić information content (AvgIpc) is 2.18. The van der Waals surface area contributed by atoms with Crippen LogP contribution in [0.25, 0.3) is 0 Å². The Morgan fingerprint density at radius 2 is 2.89 bits per heavy atom. The maximum absolute atomic E-state index is 8.01. The zero-order valence-corrected chi connectivity index (χ0v) is 4.91. The Morgan fingerprint density at radius 3 is 3.44 bits per heavy atom. The summed E-state index contributed by atoms with van der Waals surface area (Å²) in [5, 5.41) is 4.52. The van der Waals surface area contributed by atoms with Gasteiger partial charge >= 0.3 is 0 Å². The number of hydrogen-bond acceptors (Lipinski definition) is 2. The molecule has 0 aromatic rings. The van der Waals surface area contributed by atoms with Gasteiger partial charge in [0.1, 0.15) is 0 Å². The summed E-state index contributed by atoms with van der Waals surface area (Å²) >= 11 is 0. The highest BCUT2D eigenvalue weighted by atomic mass is 15.1. The fourth-order valence-corrected chi connectivity index (χ4v) is 0.604. The number of rotatable bonds is 1. The van der Waals surface area contributed by atoms with Crippen LogP contribution in [-0.2, 0) is 0 Å². The Bertz CT molecular complexity index is 321. The van der Waals surface area contributed by atoms with Crippen molar-refractivity contribution in [2.75, 3.05) is 19.6 Å². The molecular formula is C7H16N2. The molecule has 2 nitrogen and oxygen atoms in total. The normalized spacial score (nSPS) is 63.1. The molecule has 1 fully saturated rings. The standard InChI is InChI=1S/C7H16N2/c1-6(2)7-5-8-3-4-9-7/h6-9H,3-5H2,1-2H3/i1D3,2D3,3D2,6D,7D. The first-order valence-corrected chi connectivity index (χ1v) is 2.66. The van der Waals surface area contributed by atoms with E-state index >= 15 is 0 Å². The Kier molecular flexibility index (Phi) is 0.552. The van der Waals surface area contributed by atoms with E-state index in [2.05, 4.69) is 10.6 Å². The minimum absolute atomic E-state index is 0.455. The molecule has 2 N–H and O–H groups in total. The quantitative estimate of drug-likeness (QED) is 0.541. The number of nitrogens with one attached hydrogen (secondary N) is 2. The SMILES string of the molecule is [2H]C1([2H])CNC([2H])(C([2H])(C([2H])([2H])[2H])C([2H])([2H])[2H])CN1. The average molecular weight is 138 g/mol. The summed E-state index contributed by atoms with van der Waals surface area (Å²) in [6.07, 6.45) is 0.